The summed E-state index contributed by atoms with van der Waals surface area (Å²) in [7, 11) is 0. The first-order valence-corrected chi connectivity index (χ1v) is 6.66. The highest BCUT2D eigenvalue weighted by molar-refractivity contribution is 5.44. The topological polar surface area (TPSA) is 41.1 Å². The molecular formula is C14H24N4. The van der Waals surface area contributed by atoms with Gasteiger partial charge in [0, 0.05) is 31.4 Å². The van der Waals surface area contributed by atoms with E-state index in [-0.39, 0.29) is 0 Å². The van der Waals surface area contributed by atoms with Crippen molar-refractivity contribution in [2.45, 2.75) is 33.6 Å². The third-order valence-corrected chi connectivity index (χ3v) is 2.56. The molecule has 0 saturated carbocycles. The van der Waals surface area contributed by atoms with Gasteiger partial charge in [-0.2, -0.15) is 4.98 Å². The lowest BCUT2D eigenvalue weighted by Gasteiger charge is -2.23. The van der Waals surface area contributed by atoms with E-state index in [0.717, 1.165) is 37.4 Å². The van der Waals surface area contributed by atoms with Crippen molar-refractivity contribution in [3.05, 3.63) is 24.4 Å². The molecule has 0 amide bonds. The van der Waals surface area contributed by atoms with Crippen LogP contribution in [0.25, 0.3) is 0 Å². The first kappa shape index (κ1) is 14.5. The zero-order valence-corrected chi connectivity index (χ0v) is 11.7. The minimum absolute atomic E-state index is 0.683. The first-order chi connectivity index (χ1) is 8.71. The van der Waals surface area contributed by atoms with Gasteiger partial charge in [-0.3, -0.25) is 0 Å². The van der Waals surface area contributed by atoms with Crippen LogP contribution in [0.3, 0.4) is 0 Å². The molecule has 4 heteroatoms. The Labute approximate surface area is 110 Å². The summed E-state index contributed by atoms with van der Waals surface area (Å²) in [6.07, 6.45) is 4.05. The second-order valence-corrected chi connectivity index (χ2v) is 4.35. The van der Waals surface area contributed by atoms with Crippen molar-refractivity contribution in [1.29, 1.82) is 0 Å². The highest BCUT2D eigenvalue weighted by atomic mass is 15.2. The van der Waals surface area contributed by atoms with Gasteiger partial charge in [-0.05, 0) is 19.8 Å². The maximum Gasteiger partial charge on any atom is 0.225 e. The fourth-order valence-electron chi connectivity index (χ4n) is 1.84. The standard InChI is InChI=1S/C14H24N4/c1-5-8-15-14-16-12(4)11-13(17-14)18(9-6-2)10-7-3/h5,11H,1,6-10H2,2-4H3,(H,15,16,17). The molecule has 0 atom stereocenters. The summed E-state index contributed by atoms with van der Waals surface area (Å²) < 4.78 is 0. The van der Waals surface area contributed by atoms with Crippen molar-refractivity contribution in [3.8, 4) is 0 Å². The van der Waals surface area contributed by atoms with Gasteiger partial charge in [0.1, 0.15) is 5.82 Å². The van der Waals surface area contributed by atoms with Crippen molar-refractivity contribution in [2.24, 2.45) is 0 Å². The van der Waals surface area contributed by atoms with E-state index in [1.54, 1.807) is 6.08 Å². The molecule has 1 aromatic heterocycles. The van der Waals surface area contributed by atoms with Gasteiger partial charge in [0.15, 0.2) is 0 Å². The van der Waals surface area contributed by atoms with E-state index in [1.807, 2.05) is 13.0 Å². The Morgan fingerprint density at radius 2 is 1.94 bits per heavy atom. The SMILES string of the molecule is C=CCNc1nc(C)cc(N(CCC)CCC)n1. The highest BCUT2D eigenvalue weighted by Gasteiger charge is 2.08. The van der Waals surface area contributed by atoms with Gasteiger partial charge in [-0.15, -0.1) is 6.58 Å². The summed E-state index contributed by atoms with van der Waals surface area (Å²) in [6.45, 7) is 12.8. The molecule has 4 nitrogen and oxygen atoms in total. The van der Waals surface area contributed by atoms with Crippen LogP contribution in [0.15, 0.2) is 18.7 Å². The number of aromatic nitrogens is 2. The second-order valence-electron chi connectivity index (χ2n) is 4.35. The smallest absolute Gasteiger partial charge is 0.225 e. The number of hydrogen-bond donors (Lipinski definition) is 1. The molecular weight excluding hydrogens is 224 g/mol. The van der Waals surface area contributed by atoms with Gasteiger partial charge in [0.2, 0.25) is 5.95 Å². The number of hydrogen-bond acceptors (Lipinski definition) is 4. The molecule has 0 unspecified atom stereocenters. The minimum atomic E-state index is 0.683. The highest BCUT2D eigenvalue weighted by Crippen LogP contribution is 2.15. The van der Waals surface area contributed by atoms with Crippen LogP contribution in [0.1, 0.15) is 32.4 Å². The average molecular weight is 248 g/mol. The molecule has 0 aliphatic carbocycles. The Bertz CT molecular complexity index is 370. The van der Waals surface area contributed by atoms with Crippen LogP contribution >= 0.6 is 0 Å². The number of rotatable bonds is 8. The van der Waals surface area contributed by atoms with Gasteiger partial charge >= 0.3 is 0 Å². The third-order valence-electron chi connectivity index (χ3n) is 2.56. The molecule has 0 spiro atoms. The molecule has 1 rings (SSSR count). The molecule has 1 N–H and O–H groups in total. The zero-order valence-electron chi connectivity index (χ0n) is 11.7. The van der Waals surface area contributed by atoms with Gasteiger partial charge < -0.3 is 10.2 Å². The Morgan fingerprint density at radius 1 is 1.28 bits per heavy atom. The molecule has 0 fully saturated rings. The second kappa shape index (κ2) is 7.69. The van der Waals surface area contributed by atoms with E-state index < -0.39 is 0 Å². The molecule has 0 aliphatic heterocycles. The Kier molecular flexibility index (Phi) is 6.19. The summed E-state index contributed by atoms with van der Waals surface area (Å²) in [6, 6.07) is 2.05. The van der Waals surface area contributed by atoms with Crippen LogP contribution in [-0.2, 0) is 0 Å². The molecule has 0 aromatic carbocycles. The minimum Gasteiger partial charge on any atom is -0.356 e. The maximum absolute atomic E-state index is 4.56. The average Bonchev–Trinajstić information content (AvgIpc) is 2.35. The van der Waals surface area contributed by atoms with Crippen LogP contribution in [0.5, 0.6) is 0 Å². The van der Waals surface area contributed by atoms with E-state index in [4.69, 9.17) is 0 Å². The number of nitrogens with one attached hydrogen (secondary N) is 1. The van der Waals surface area contributed by atoms with Gasteiger partial charge in [0.25, 0.3) is 0 Å². The quantitative estimate of drug-likeness (QED) is 0.718. The summed E-state index contributed by atoms with van der Waals surface area (Å²) >= 11 is 0. The van der Waals surface area contributed by atoms with Crippen LogP contribution in [0.4, 0.5) is 11.8 Å². The third kappa shape index (κ3) is 4.35. The van der Waals surface area contributed by atoms with E-state index in [2.05, 4.69) is 40.6 Å². The van der Waals surface area contributed by atoms with Gasteiger partial charge in [-0.25, -0.2) is 4.98 Å². The van der Waals surface area contributed by atoms with Gasteiger partial charge in [0.05, 0.1) is 0 Å². The fourth-order valence-corrected chi connectivity index (χ4v) is 1.84. The molecule has 0 aliphatic rings. The van der Waals surface area contributed by atoms with Crippen molar-refractivity contribution in [2.75, 3.05) is 29.9 Å². The lowest BCUT2D eigenvalue weighted by Crippen LogP contribution is -2.26. The maximum atomic E-state index is 4.56. The molecule has 1 aromatic rings. The van der Waals surface area contributed by atoms with Crippen LogP contribution in [0, 0.1) is 6.92 Å². The van der Waals surface area contributed by atoms with E-state index >= 15 is 0 Å². The molecule has 18 heavy (non-hydrogen) atoms. The number of nitrogens with zero attached hydrogens (tertiary/aromatic N) is 3. The lowest BCUT2D eigenvalue weighted by molar-refractivity contribution is 0.732. The number of aryl methyl sites for hydroxylation is 1. The van der Waals surface area contributed by atoms with Crippen molar-refractivity contribution >= 4 is 11.8 Å². The summed E-state index contributed by atoms with van der Waals surface area (Å²) in [4.78, 5) is 11.3. The molecule has 0 radical (unpaired) electrons. The number of anilines is 2. The molecule has 0 bridgehead atoms. The summed E-state index contributed by atoms with van der Waals surface area (Å²) in [5, 5.41) is 3.15. The largest absolute Gasteiger partial charge is 0.356 e. The van der Waals surface area contributed by atoms with Crippen molar-refractivity contribution in [1.82, 2.24) is 9.97 Å². The predicted octanol–water partition coefficient (Wildman–Crippen LogP) is 3.01. The summed E-state index contributed by atoms with van der Waals surface area (Å²) in [5.41, 5.74) is 0.990. The van der Waals surface area contributed by atoms with Crippen LogP contribution < -0.4 is 10.2 Å². The normalized spacial score (nSPS) is 10.2. The molecule has 1 heterocycles. The molecule has 0 saturated heterocycles. The lowest BCUT2D eigenvalue weighted by atomic mass is 10.3. The fraction of sp³-hybridized carbons (Fsp3) is 0.571. The van der Waals surface area contributed by atoms with Crippen molar-refractivity contribution < 1.29 is 0 Å². The Hall–Kier alpha value is -1.58. The van der Waals surface area contributed by atoms with Crippen molar-refractivity contribution in [3.63, 3.8) is 0 Å². The predicted molar refractivity (Wildman–Crippen MR) is 78.3 cm³/mol. The van der Waals surface area contributed by atoms with E-state index in [1.165, 1.54) is 0 Å². The van der Waals surface area contributed by atoms with Crippen LogP contribution in [-0.4, -0.2) is 29.6 Å². The first-order valence-electron chi connectivity index (χ1n) is 6.66. The van der Waals surface area contributed by atoms with E-state index in [9.17, 15) is 0 Å². The zero-order chi connectivity index (χ0) is 13.4. The monoisotopic (exact) mass is 248 g/mol. The Morgan fingerprint density at radius 3 is 2.50 bits per heavy atom. The van der Waals surface area contributed by atoms with Gasteiger partial charge in [-0.1, -0.05) is 19.9 Å². The molecule has 100 valence electrons. The van der Waals surface area contributed by atoms with E-state index in [0.29, 0.717) is 12.5 Å². The summed E-state index contributed by atoms with van der Waals surface area (Å²) in [5.74, 6) is 1.69. The van der Waals surface area contributed by atoms with Crippen LogP contribution in [0.2, 0.25) is 0 Å². The Balaban J connectivity index is 2.90.